The van der Waals surface area contributed by atoms with Crippen molar-refractivity contribution in [3.8, 4) is 0 Å². The molecule has 214 valence electrons. The second-order valence-electron chi connectivity index (χ2n) is 7.85. The van der Waals surface area contributed by atoms with E-state index in [0.29, 0.717) is 85.9 Å². The van der Waals surface area contributed by atoms with Crippen molar-refractivity contribution in [2.75, 3.05) is 99.1 Å². The molecule has 0 spiro atoms. The average molecular weight is 525 g/mol. The van der Waals surface area contributed by atoms with Crippen LogP contribution in [0.25, 0.3) is 0 Å². The zero-order chi connectivity index (χ0) is 26.5. The average Bonchev–Trinajstić information content (AvgIpc) is 2.86. The second-order valence-corrected chi connectivity index (χ2v) is 7.85. The maximum atomic E-state index is 12.0. The van der Waals surface area contributed by atoms with Crippen LogP contribution in [0.5, 0.6) is 0 Å². The normalized spacial score (nSPS) is 12.1. The van der Waals surface area contributed by atoms with Crippen molar-refractivity contribution in [3.05, 3.63) is 0 Å². The molecule has 11 heteroatoms. The van der Waals surface area contributed by atoms with Gasteiger partial charge in [0.05, 0.1) is 105 Å². The summed E-state index contributed by atoms with van der Waals surface area (Å²) in [7, 11) is 0. The van der Waals surface area contributed by atoms with Gasteiger partial charge in [-0.3, -0.25) is 9.59 Å². The lowest BCUT2D eigenvalue weighted by Gasteiger charge is -2.13. The van der Waals surface area contributed by atoms with E-state index in [1.165, 1.54) is 0 Å². The van der Waals surface area contributed by atoms with Crippen molar-refractivity contribution < 1.29 is 52.6 Å². The number of ether oxygens (including phenoxy) is 8. The van der Waals surface area contributed by atoms with E-state index in [1.54, 1.807) is 0 Å². The molecule has 0 aromatic rings. The molecule has 0 saturated carbocycles. The van der Waals surface area contributed by atoms with E-state index in [0.717, 1.165) is 25.7 Å². The minimum Gasteiger partial charge on any atom is -0.481 e. The van der Waals surface area contributed by atoms with Gasteiger partial charge in [0.15, 0.2) is 0 Å². The molecule has 0 aromatic heterocycles. The Balaban J connectivity index is 3.19. The summed E-state index contributed by atoms with van der Waals surface area (Å²) in [6.45, 7) is 10.4. The minimum atomic E-state index is -0.874. The first-order valence-electron chi connectivity index (χ1n) is 13.0. The molecule has 1 N–H and O–H groups in total. The van der Waals surface area contributed by atoms with Gasteiger partial charge >= 0.3 is 11.9 Å². The van der Waals surface area contributed by atoms with Gasteiger partial charge in [0.2, 0.25) is 0 Å². The zero-order valence-corrected chi connectivity index (χ0v) is 22.2. The number of aliphatic carboxylic acids is 1. The predicted octanol–water partition coefficient (Wildman–Crippen LogP) is 2.34. The Hall–Kier alpha value is -1.34. The van der Waals surface area contributed by atoms with Crippen LogP contribution in [-0.2, 0) is 47.5 Å². The standard InChI is InChI=1S/C25H48O11/c1-3-5-6-23(4-2)25(28)36-22-21-35-20-19-34-18-17-33-16-15-32-14-13-31-12-11-30-10-9-29-8-7-24(26)27/h23H,3-22H2,1-2H3,(H,26,27). The van der Waals surface area contributed by atoms with Gasteiger partial charge in [-0.25, -0.2) is 0 Å². The molecule has 0 radical (unpaired) electrons. The second kappa shape index (κ2) is 28.2. The molecule has 0 rings (SSSR count). The van der Waals surface area contributed by atoms with E-state index < -0.39 is 5.97 Å². The molecule has 0 aromatic carbocycles. The highest BCUT2D eigenvalue weighted by molar-refractivity contribution is 5.72. The first-order chi connectivity index (χ1) is 17.6. The van der Waals surface area contributed by atoms with Gasteiger partial charge in [-0.2, -0.15) is 0 Å². The fraction of sp³-hybridized carbons (Fsp3) is 0.920. The SMILES string of the molecule is CCCCC(CC)C(=O)OCCOCCOCCOCCOCCOCCOCCOCCC(=O)O. The Bertz CT molecular complexity index is 491. The van der Waals surface area contributed by atoms with Crippen molar-refractivity contribution in [2.24, 2.45) is 5.92 Å². The fourth-order valence-electron chi connectivity index (χ4n) is 2.84. The third kappa shape index (κ3) is 25.7. The van der Waals surface area contributed by atoms with E-state index in [9.17, 15) is 9.59 Å². The smallest absolute Gasteiger partial charge is 0.308 e. The Morgan fingerprint density at radius 1 is 0.583 bits per heavy atom. The molecule has 36 heavy (non-hydrogen) atoms. The van der Waals surface area contributed by atoms with Gasteiger partial charge in [0.1, 0.15) is 6.61 Å². The van der Waals surface area contributed by atoms with Crippen molar-refractivity contribution in [2.45, 2.75) is 46.0 Å². The summed E-state index contributed by atoms with van der Waals surface area (Å²) in [5.74, 6) is -1.00. The number of unbranched alkanes of at least 4 members (excludes halogenated alkanes) is 1. The lowest BCUT2D eigenvalue weighted by Crippen LogP contribution is -2.20. The van der Waals surface area contributed by atoms with Crippen LogP contribution in [0.3, 0.4) is 0 Å². The van der Waals surface area contributed by atoms with E-state index in [2.05, 4.69) is 6.92 Å². The lowest BCUT2D eigenvalue weighted by atomic mass is 10.00. The van der Waals surface area contributed by atoms with Crippen LogP contribution in [-0.4, -0.2) is 116 Å². The number of carboxylic acids is 1. The maximum absolute atomic E-state index is 12.0. The highest BCUT2D eigenvalue weighted by Gasteiger charge is 2.16. The number of carbonyl (C=O) groups excluding carboxylic acids is 1. The molecule has 1 unspecified atom stereocenters. The van der Waals surface area contributed by atoms with Gasteiger partial charge in [0, 0.05) is 0 Å². The summed E-state index contributed by atoms with van der Waals surface area (Å²) < 4.78 is 42.7. The van der Waals surface area contributed by atoms with Crippen LogP contribution >= 0.6 is 0 Å². The van der Waals surface area contributed by atoms with E-state index >= 15 is 0 Å². The fourth-order valence-corrected chi connectivity index (χ4v) is 2.84. The molecule has 0 aliphatic heterocycles. The van der Waals surface area contributed by atoms with Crippen molar-refractivity contribution in [1.82, 2.24) is 0 Å². The first-order valence-corrected chi connectivity index (χ1v) is 13.0. The summed E-state index contributed by atoms with van der Waals surface area (Å²) in [5.41, 5.74) is 0. The molecule has 0 saturated heterocycles. The highest BCUT2D eigenvalue weighted by atomic mass is 16.6. The Kier molecular flexibility index (Phi) is 27.2. The Labute approximate surface area is 216 Å². The van der Waals surface area contributed by atoms with E-state index in [1.807, 2.05) is 6.92 Å². The molecule has 1 atom stereocenters. The van der Waals surface area contributed by atoms with Crippen LogP contribution < -0.4 is 0 Å². The quantitative estimate of drug-likeness (QED) is 0.114. The molecule has 0 bridgehead atoms. The van der Waals surface area contributed by atoms with E-state index in [-0.39, 0.29) is 31.5 Å². The highest BCUT2D eigenvalue weighted by Crippen LogP contribution is 2.14. The van der Waals surface area contributed by atoms with Gasteiger partial charge in [-0.15, -0.1) is 0 Å². The zero-order valence-electron chi connectivity index (χ0n) is 22.2. The van der Waals surface area contributed by atoms with Crippen LogP contribution in [0.15, 0.2) is 0 Å². The molecule has 0 amide bonds. The van der Waals surface area contributed by atoms with Crippen molar-refractivity contribution in [1.29, 1.82) is 0 Å². The third-order valence-corrected chi connectivity index (χ3v) is 4.90. The molecule has 0 aliphatic carbocycles. The summed E-state index contributed by atoms with van der Waals surface area (Å²) in [5, 5.41) is 8.46. The summed E-state index contributed by atoms with van der Waals surface area (Å²) >= 11 is 0. The molecular formula is C25H48O11. The van der Waals surface area contributed by atoms with Crippen LogP contribution in [0.4, 0.5) is 0 Å². The molecular weight excluding hydrogens is 476 g/mol. The topological polar surface area (TPSA) is 128 Å². The van der Waals surface area contributed by atoms with Gasteiger partial charge < -0.3 is 43.0 Å². The largest absolute Gasteiger partial charge is 0.481 e. The minimum absolute atomic E-state index is 0.00155. The molecule has 0 aliphatic rings. The maximum Gasteiger partial charge on any atom is 0.308 e. The lowest BCUT2D eigenvalue weighted by molar-refractivity contribution is -0.150. The monoisotopic (exact) mass is 524 g/mol. The third-order valence-electron chi connectivity index (χ3n) is 4.90. The summed E-state index contributed by atoms with van der Waals surface area (Å²) in [6, 6.07) is 0. The molecule has 0 fully saturated rings. The van der Waals surface area contributed by atoms with Crippen LogP contribution in [0.1, 0.15) is 46.0 Å². The van der Waals surface area contributed by atoms with Gasteiger partial charge in [0.25, 0.3) is 0 Å². The first kappa shape index (κ1) is 34.7. The van der Waals surface area contributed by atoms with Crippen LogP contribution in [0, 0.1) is 5.92 Å². The summed E-state index contributed by atoms with van der Waals surface area (Å²) in [6.07, 6.45) is 3.82. The summed E-state index contributed by atoms with van der Waals surface area (Å²) in [4.78, 5) is 22.3. The molecule has 11 nitrogen and oxygen atoms in total. The number of esters is 1. The Morgan fingerprint density at radius 3 is 1.28 bits per heavy atom. The van der Waals surface area contributed by atoms with Crippen molar-refractivity contribution in [3.63, 3.8) is 0 Å². The number of carboxylic acid groups (broad SMARTS) is 1. The number of hydrogen-bond donors (Lipinski definition) is 1. The molecule has 0 heterocycles. The van der Waals surface area contributed by atoms with Crippen LogP contribution in [0.2, 0.25) is 0 Å². The number of hydrogen-bond acceptors (Lipinski definition) is 10. The number of rotatable bonds is 29. The van der Waals surface area contributed by atoms with E-state index in [4.69, 9.17) is 43.0 Å². The van der Waals surface area contributed by atoms with Gasteiger partial charge in [-0.05, 0) is 12.8 Å². The van der Waals surface area contributed by atoms with Crippen molar-refractivity contribution >= 4 is 11.9 Å². The Morgan fingerprint density at radius 2 is 0.944 bits per heavy atom. The van der Waals surface area contributed by atoms with Gasteiger partial charge in [-0.1, -0.05) is 26.7 Å². The predicted molar refractivity (Wildman–Crippen MR) is 132 cm³/mol. The number of carbonyl (C=O) groups is 2.